The van der Waals surface area contributed by atoms with Gasteiger partial charge in [-0.3, -0.25) is 0 Å². The van der Waals surface area contributed by atoms with Crippen LogP contribution in [-0.4, -0.2) is 11.7 Å². The average molecular weight is 195 g/mol. The van der Waals surface area contributed by atoms with Crippen LogP contribution in [0.3, 0.4) is 0 Å². The molecule has 0 heterocycles. The zero-order valence-corrected chi connectivity index (χ0v) is 9.32. The first-order chi connectivity index (χ1) is 6.19. The maximum absolute atomic E-state index is 5.99. The van der Waals surface area contributed by atoms with Crippen LogP contribution in [0.5, 0.6) is 0 Å². The van der Waals surface area contributed by atoms with Crippen LogP contribution in [0.2, 0.25) is 0 Å². The van der Waals surface area contributed by atoms with Gasteiger partial charge in [0.05, 0.1) is 0 Å². The highest BCUT2D eigenvalue weighted by atomic mass is 31.0. The molecule has 1 nitrogen and oxygen atoms in total. The van der Waals surface area contributed by atoms with Gasteiger partial charge in [-0.2, -0.15) is 0 Å². The third-order valence-electron chi connectivity index (χ3n) is 2.54. The molecule has 0 bridgehead atoms. The summed E-state index contributed by atoms with van der Waals surface area (Å²) in [4.78, 5) is 0. The Bertz CT molecular complexity index is 253. The van der Waals surface area contributed by atoms with E-state index < -0.39 is 0 Å². The summed E-state index contributed by atoms with van der Waals surface area (Å²) in [6.07, 6.45) is 8.14. The van der Waals surface area contributed by atoms with Gasteiger partial charge in [0.1, 0.15) is 0 Å². The zero-order valence-electron chi connectivity index (χ0n) is 8.16. The van der Waals surface area contributed by atoms with E-state index in [0.29, 0.717) is 5.66 Å². The van der Waals surface area contributed by atoms with Gasteiger partial charge in [0.15, 0.2) is 0 Å². The van der Waals surface area contributed by atoms with Gasteiger partial charge in [0, 0.05) is 6.04 Å². The highest BCUT2D eigenvalue weighted by molar-refractivity contribution is 7.17. The molecule has 0 amide bonds. The number of hydrogen-bond acceptors (Lipinski definition) is 1. The van der Waals surface area contributed by atoms with Crippen molar-refractivity contribution < 1.29 is 0 Å². The third-order valence-corrected chi connectivity index (χ3v) is 3.27. The molecule has 3 unspecified atom stereocenters. The van der Waals surface area contributed by atoms with Crippen molar-refractivity contribution in [3.05, 3.63) is 36.0 Å². The van der Waals surface area contributed by atoms with Gasteiger partial charge < -0.3 is 5.73 Å². The van der Waals surface area contributed by atoms with Gasteiger partial charge in [-0.25, -0.2) is 0 Å². The van der Waals surface area contributed by atoms with E-state index in [1.54, 1.807) is 0 Å². The Balaban J connectivity index is 2.85. The molecule has 1 rings (SSSR count). The van der Waals surface area contributed by atoms with Crippen LogP contribution in [0.4, 0.5) is 0 Å². The molecule has 1 aliphatic rings. The van der Waals surface area contributed by atoms with E-state index in [1.165, 1.54) is 11.1 Å². The lowest BCUT2D eigenvalue weighted by atomic mass is 9.85. The molecule has 72 valence electrons. The minimum Gasteiger partial charge on any atom is -0.327 e. The van der Waals surface area contributed by atoms with E-state index in [9.17, 15) is 0 Å². The summed E-state index contributed by atoms with van der Waals surface area (Å²) < 4.78 is 0. The van der Waals surface area contributed by atoms with E-state index in [2.05, 4.69) is 34.9 Å². The average Bonchev–Trinajstić information content (AvgIpc) is 2.11. The zero-order chi connectivity index (χ0) is 9.84. The number of rotatable bonds is 1. The molecule has 0 aromatic heterocycles. The second-order valence-corrected chi connectivity index (χ2v) is 4.33. The molecule has 2 N–H and O–H groups in total. The van der Waals surface area contributed by atoms with Crippen molar-refractivity contribution in [2.45, 2.75) is 31.5 Å². The maximum Gasteiger partial charge on any atom is 0.0146 e. The maximum atomic E-state index is 5.99. The normalized spacial score (nSPS) is 35.3. The van der Waals surface area contributed by atoms with Crippen molar-refractivity contribution in [2.75, 3.05) is 0 Å². The lowest BCUT2D eigenvalue weighted by Crippen LogP contribution is -2.35. The number of hydrogen-bond donors (Lipinski definition) is 1. The van der Waals surface area contributed by atoms with Crippen molar-refractivity contribution >= 4 is 9.24 Å². The Labute approximate surface area is 83.0 Å². The highest BCUT2D eigenvalue weighted by Gasteiger charge is 2.23. The predicted molar refractivity (Wildman–Crippen MR) is 62.7 cm³/mol. The van der Waals surface area contributed by atoms with Gasteiger partial charge in [-0.05, 0) is 36.6 Å². The van der Waals surface area contributed by atoms with Crippen LogP contribution in [-0.2, 0) is 0 Å². The first-order valence-corrected chi connectivity index (χ1v) is 5.34. The summed E-state index contributed by atoms with van der Waals surface area (Å²) in [6.45, 7) is 5.80. The monoisotopic (exact) mass is 195 g/mol. The summed E-state index contributed by atoms with van der Waals surface area (Å²) in [7, 11) is 2.83. The summed E-state index contributed by atoms with van der Waals surface area (Å²) in [5, 5.41) is 0. The van der Waals surface area contributed by atoms with Gasteiger partial charge in [0.25, 0.3) is 0 Å². The van der Waals surface area contributed by atoms with Crippen molar-refractivity contribution in [1.29, 1.82) is 0 Å². The Morgan fingerprint density at radius 2 is 2.15 bits per heavy atom. The van der Waals surface area contributed by atoms with E-state index in [1.807, 2.05) is 6.08 Å². The first kappa shape index (κ1) is 10.7. The number of allylic oxidation sites excluding steroid dienone is 4. The second kappa shape index (κ2) is 4.74. The van der Waals surface area contributed by atoms with Crippen molar-refractivity contribution in [2.24, 2.45) is 5.73 Å². The number of nitrogens with two attached hydrogens (primary N) is 1. The lowest BCUT2D eigenvalue weighted by Gasteiger charge is -2.29. The Hall–Kier alpha value is -0.390. The van der Waals surface area contributed by atoms with Gasteiger partial charge in [-0.15, -0.1) is 9.24 Å². The summed E-state index contributed by atoms with van der Waals surface area (Å²) in [5.74, 6) is 0. The molecule has 2 heteroatoms. The summed E-state index contributed by atoms with van der Waals surface area (Å²) in [6, 6.07) is 0.278. The fraction of sp³-hybridized carbons (Fsp3) is 0.455. The molecule has 1 fully saturated rings. The SMILES string of the molecule is C=C/C=C1/CC(N)C(P)C/C1=C/C. The molecule has 0 radical (unpaired) electrons. The van der Waals surface area contributed by atoms with Crippen LogP contribution in [0.1, 0.15) is 19.8 Å². The van der Waals surface area contributed by atoms with E-state index >= 15 is 0 Å². The Kier molecular flexibility index (Phi) is 3.90. The van der Waals surface area contributed by atoms with Gasteiger partial charge in [0.2, 0.25) is 0 Å². The topological polar surface area (TPSA) is 26.0 Å². The largest absolute Gasteiger partial charge is 0.327 e. The highest BCUT2D eigenvalue weighted by Crippen LogP contribution is 2.32. The first-order valence-electron chi connectivity index (χ1n) is 4.67. The molecular weight excluding hydrogens is 177 g/mol. The van der Waals surface area contributed by atoms with E-state index in [-0.39, 0.29) is 6.04 Å². The van der Waals surface area contributed by atoms with Crippen molar-refractivity contribution in [3.8, 4) is 0 Å². The van der Waals surface area contributed by atoms with E-state index in [0.717, 1.165) is 12.8 Å². The Morgan fingerprint density at radius 1 is 1.46 bits per heavy atom. The van der Waals surface area contributed by atoms with Gasteiger partial charge in [-0.1, -0.05) is 24.8 Å². The predicted octanol–water partition coefficient (Wildman–Crippen LogP) is 2.41. The van der Waals surface area contributed by atoms with Crippen LogP contribution in [0.25, 0.3) is 0 Å². The minimum atomic E-state index is 0.278. The molecule has 1 saturated carbocycles. The van der Waals surface area contributed by atoms with Crippen molar-refractivity contribution in [3.63, 3.8) is 0 Å². The smallest absolute Gasteiger partial charge is 0.0146 e. The summed E-state index contributed by atoms with van der Waals surface area (Å²) >= 11 is 0. The molecule has 13 heavy (non-hydrogen) atoms. The standard InChI is InChI=1S/C11H18NP/c1-3-5-9-6-10(12)11(13)7-8(9)4-2/h3-5,10-11H,1,6-7,12-13H2,2H3/b8-4-,9-5-. The third kappa shape index (κ3) is 2.52. The summed E-state index contributed by atoms with van der Waals surface area (Å²) in [5.41, 5.74) is 9.28. The van der Waals surface area contributed by atoms with Crippen LogP contribution in [0.15, 0.2) is 36.0 Å². The molecule has 0 aliphatic heterocycles. The molecule has 3 atom stereocenters. The fourth-order valence-corrected chi connectivity index (χ4v) is 2.08. The second-order valence-electron chi connectivity index (χ2n) is 3.48. The van der Waals surface area contributed by atoms with Crippen molar-refractivity contribution in [1.82, 2.24) is 0 Å². The molecule has 0 aromatic rings. The van der Waals surface area contributed by atoms with Gasteiger partial charge >= 0.3 is 0 Å². The lowest BCUT2D eigenvalue weighted by molar-refractivity contribution is 0.586. The minimum absolute atomic E-state index is 0.278. The molecule has 0 aromatic carbocycles. The van der Waals surface area contributed by atoms with Crippen LogP contribution >= 0.6 is 9.24 Å². The fourth-order valence-electron chi connectivity index (χ4n) is 1.69. The quantitative estimate of drug-likeness (QED) is 0.639. The molecule has 1 aliphatic carbocycles. The van der Waals surface area contributed by atoms with E-state index in [4.69, 9.17) is 5.73 Å². The molecular formula is C11H18NP. The van der Waals surface area contributed by atoms with Crippen LogP contribution in [0, 0.1) is 0 Å². The molecule has 0 spiro atoms. The Morgan fingerprint density at radius 3 is 2.69 bits per heavy atom. The van der Waals surface area contributed by atoms with Crippen LogP contribution < -0.4 is 5.73 Å². The molecule has 0 saturated heterocycles.